The van der Waals surface area contributed by atoms with Crippen molar-refractivity contribution in [2.45, 2.75) is 20.0 Å². The Balaban J connectivity index is 2.02. The van der Waals surface area contributed by atoms with Crippen LogP contribution < -0.4 is 10.1 Å². The van der Waals surface area contributed by atoms with Crippen LogP contribution in [-0.2, 0) is 11.0 Å². The zero-order valence-electron chi connectivity index (χ0n) is 11.8. The molecule has 0 atom stereocenters. The van der Waals surface area contributed by atoms with Gasteiger partial charge in [-0.2, -0.15) is 13.2 Å². The summed E-state index contributed by atoms with van der Waals surface area (Å²) in [6.07, 6.45) is -4.45. The van der Waals surface area contributed by atoms with E-state index in [0.29, 0.717) is 11.4 Å². The number of alkyl halides is 3. The highest BCUT2D eigenvalue weighted by atomic mass is 32.1. The second kappa shape index (κ2) is 6.35. The maximum absolute atomic E-state index is 12.4. The number of halogens is 3. The molecule has 1 aromatic heterocycles. The van der Waals surface area contributed by atoms with E-state index in [1.807, 2.05) is 0 Å². The van der Waals surface area contributed by atoms with Crippen molar-refractivity contribution in [2.24, 2.45) is 5.92 Å². The molecule has 0 aliphatic rings. The lowest BCUT2D eigenvalue weighted by Gasteiger charge is -2.08. The second-order valence-corrected chi connectivity index (χ2v) is 5.62. The number of nitrogens with one attached hydrogen (secondary N) is 1. The van der Waals surface area contributed by atoms with Crippen LogP contribution in [0.3, 0.4) is 0 Å². The van der Waals surface area contributed by atoms with E-state index in [4.69, 9.17) is 4.74 Å². The van der Waals surface area contributed by atoms with Gasteiger partial charge in [-0.3, -0.25) is 4.79 Å². The number of benzene rings is 1. The first-order valence-corrected chi connectivity index (χ1v) is 7.25. The predicted molar refractivity (Wildman–Crippen MR) is 77.3 cm³/mol. The number of rotatable bonds is 4. The smallest absolute Gasteiger partial charge is 0.426 e. The maximum atomic E-state index is 12.4. The van der Waals surface area contributed by atoms with E-state index in [0.717, 1.165) is 16.7 Å². The Morgan fingerprint density at radius 2 is 1.91 bits per heavy atom. The van der Waals surface area contributed by atoms with Gasteiger partial charge in [-0.1, -0.05) is 13.8 Å². The molecule has 0 aliphatic carbocycles. The summed E-state index contributed by atoms with van der Waals surface area (Å²) in [6, 6.07) is 6.30. The summed E-state index contributed by atoms with van der Waals surface area (Å²) in [5.74, 6) is -0.219. The van der Waals surface area contributed by atoms with Crippen molar-refractivity contribution in [3.8, 4) is 5.75 Å². The lowest BCUT2D eigenvalue weighted by Crippen LogP contribution is -2.14. The normalized spacial score (nSPS) is 11.5. The molecule has 0 aliphatic heterocycles. The molecule has 22 heavy (non-hydrogen) atoms. The predicted octanol–water partition coefficient (Wildman–Crippen LogP) is 4.47. The monoisotopic (exact) mass is 330 g/mol. The van der Waals surface area contributed by atoms with Gasteiger partial charge in [-0.15, -0.1) is 11.3 Å². The lowest BCUT2D eigenvalue weighted by atomic mass is 10.2. The first kappa shape index (κ1) is 16.3. The molecule has 0 bridgehead atoms. The number of anilines is 2. The van der Waals surface area contributed by atoms with Gasteiger partial charge < -0.3 is 10.1 Å². The van der Waals surface area contributed by atoms with Crippen molar-refractivity contribution in [1.82, 2.24) is 4.98 Å². The van der Waals surface area contributed by atoms with Gasteiger partial charge in [-0.05, 0) is 24.3 Å². The summed E-state index contributed by atoms with van der Waals surface area (Å²) in [7, 11) is 0. The lowest BCUT2D eigenvalue weighted by molar-refractivity contribution is -0.140. The van der Waals surface area contributed by atoms with Crippen molar-refractivity contribution >= 4 is 28.1 Å². The Kier molecular flexibility index (Phi) is 4.70. The zero-order chi connectivity index (χ0) is 16.3. The summed E-state index contributed by atoms with van der Waals surface area (Å²) in [5.41, 5.74) is -0.380. The van der Waals surface area contributed by atoms with Crippen molar-refractivity contribution in [2.75, 3.05) is 5.32 Å². The molecule has 0 amide bonds. The molecule has 1 N–H and O–H groups in total. The van der Waals surface area contributed by atoms with Gasteiger partial charge in [-0.25, -0.2) is 4.98 Å². The number of hydrogen-bond acceptors (Lipinski definition) is 5. The van der Waals surface area contributed by atoms with Crippen LogP contribution in [0.4, 0.5) is 24.0 Å². The van der Waals surface area contributed by atoms with Gasteiger partial charge in [0.25, 0.3) is 0 Å². The summed E-state index contributed by atoms with van der Waals surface area (Å²) in [4.78, 5) is 14.9. The Labute approximate surface area is 128 Å². The number of hydrogen-bond donors (Lipinski definition) is 1. The molecule has 118 valence electrons. The van der Waals surface area contributed by atoms with Gasteiger partial charge in [0.15, 0.2) is 10.8 Å². The van der Waals surface area contributed by atoms with E-state index >= 15 is 0 Å². The fourth-order valence-electron chi connectivity index (χ4n) is 1.43. The van der Waals surface area contributed by atoms with Gasteiger partial charge in [0.05, 0.1) is 5.92 Å². The van der Waals surface area contributed by atoms with Crippen molar-refractivity contribution in [3.05, 3.63) is 35.3 Å². The number of esters is 1. The molecular weight excluding hydrogens is 317 g/mol. The molecule has 1 aromatic carbocycles. The number of thiazole rings is 1. The summed E-state index contributed by atoms with van der Waals surface area (Å²) in [5, 5.41) is 3.85. The molecule has 0 saturated heterocycles. The first-order valence-electron chi connectivity index (χ1n) is 6.37. The molecule has 0 fully saturated rings. The Morgan fingerprint density at radius 3 is 2.41 bits per heavy atom. The number of carbonyl (C=O) groups excluding carboxylic acids is 1. The molecule has 2 aromatic rings. The van der Waals surface area contributed by atoms with E-state index in [2.05, 4.69) is 10.3 Å². The highest BCUT2D eigenvalue weighted by Crippen LogP contribution is 2.32. The largest absolute Gasteiger partial charge is 0.434 e. The molecule has 0 radical (unpaired) electrons. The quantitative estimate of drug-likeness (QED) is 0.664. The first-order chi connectivity index (χ1) is 10.3. The van der Waals surface area contributed by atoms with Crippen LogP contribution >= 0.6 is 11.3 Å². The topological polar surface area (TPSA) is 51.2 Å². The third-order valence-corrected chi connectivity index (χ3v) is 3.35. The highest BCUT2D eigenvalue weighted by molar-refractivity contribution is 7.13. The van der Waals surface area contributed by atoms with Gasteiger partial charge in [0.2, 0.25) is 0 Å². The molecule has 8 heteroatoms. The minimum atomic E-state index is -4.45. The number of ether oxygens (including phenoxy) is 1. The zero-order valence-corrected chi connectivity index (χ0v) is 12.6. The van der Waals surface area contributed by atoms with Crippen LogP contribution in [0.5, 0.6) is 5.75 Å². The van der Waals surface area contributed by atoms with Crippen molar-refractivity contribution < 1.29 is 22.7 Å². The fraction of sp³-hybridized carbons (Fsp3) is 0.286. The number of aromatic nitrogens is 1. The van der Waals surface area contributed by atoms with Crippen LogP contribution in [0.25, 0.3) is 0 Å². The molecule has 1 heterocycles. The van der Waals surface area contributed by atoms with Crippen LogP contribution in [0.15, 0.2) is 29.6 Å². The maximum Gasteiger partial charge on any atom is 0.434 e. The van der Waals surface area contributed by atoms with E-state index in [-0.39, 0.29) is 17.0 Å². The van der Waals surface area contributed by atoms with Crippen LogP contribution in [0.1, 0.15) is 19.5 Å². The standard InChI is InChI=1S/C14H13F3N2O2S/c1-8(2)12(20)21-10-5-3-9(4-6-10)18-13-19-11(7-22-13)14(15,16)17/h3-8H,1-2H3,(H,18,19). The summed E-state index contributed by atoms with van der Waals surface area (Å²) >= 11 is 0.862. The van der Waals surface area contributed by atoms with E-state index < -0.39 is 11.9 Å². The van der Waals surface area contributed by atoms with E-state index in [1.54, 1.807) is 38.1 Å². The number of carbonyl (C=O) groups is 1. The average Bonchev–Trinajstić information content (AvgIpc) is 2.89. The van der Waals surface area contributed by atoms with Crippen LogP contribution in [-0.4, -0.2) is 11.0 Å². The second-order valence-electron chi connectivity index (χ2n) is 4.76. The average molecular weight is 330 g/mol. The van der Waals surface area contributed by atoms with E-state index in [1.165, 1.54) is 0 Å². The van der Waals surface area contributed by atoms with Crippen molar-refractivity contribution in [3.63, 3.8) is 0 Å². The SMILES string of the molecule is CC(C)C(=O)Oc1ccc(Nc2nc(C(F)(F)F)cs2)cc1. The molecular formula is C14H13F3N2O2S. The molecule has 4 nitrogen and oxygen atoms in total. The van der Waals surface area contributed by atoms with Gasteiger partial charge in [0.1, 0.15) is 5.75 Å². The molecule has 0 unspecified atom stereocenters. The fourth-order valence-corrected chi connectivity index (χ4v) is 2.16. The summed E-state index contributed by atoms with van der Waals surface area (Å²) in [6.45, 7) is 3.44. The molecule has 2 rings (SSSR count). The molecule has 0 spiro atoms. The van der Waals surface area contributed by atoms with Gasteiger partial charge >= 0.3 is 12.1 Å². The minimum absolute atomic E-state index is 0.138. The van der Waals surface area contributed by atoms with Gasteiger partial charge in [0, 0.05) is 11.1 Å². The van der Waals surface area contributed by atoms with E-state index in [9.17, 15) is 18.0 Å². The van der Waals surface area contributed by atoms with Crippen LogP contribution in [0.2, 0.25) is 0 Å². The molecule has 0 saturated carbocycles. The Hall–Kier alpha value is -2.09. The minimum Gasteiger partial charge on any atom is -0.426 e. The third-order valence-electron chi connectivity index (χ3n) is 2.59. The Morgan fingerprint density at radius 1 is 1.27 bits per heavy atom. The van der Waals surface area contributed by atoms with Crippen LogP contribution in [0, 0.1) is 5.92 Å². The van der Waals surface area contributed by atoms with Crippen molar-refractivity contribution in [1.29, 1.82) is 0 Å². The highest BCUT2D eigenvalue weighted by Gasteiger charge is 2.33. The Bertz CT molecular complexity index is 651. The third kappa shape index (κ3) is 4.20. The number of nitrogens with zero attached hydrogens (tertiary/aromatic N) is 1. The summed E-state index contributed by atoms with van der Waals surface area (Å²) < 4.78 is 42.4.